The van der Waals surface area contributed by atoms with Gasteiger partial charge in [-0.3, -0.25) is 4.79 Å². The van der Waals surface area contributed by atoms with E-state index in [1.54, 1.807) is 6.92 Å². The second kappa shape index (κ2) is 5.96. The standard InChI is InChI=1S/C15H26O2S/c1-11(2)14(12(3)16)13-4-7-17-15(10-13)5-8-18-9-6-15/h11,13-14H,4-10H2,1-3H3. The third kappa shape index (κ3) is 3.11. The monoisotopic (exact) mass is 270 g/mol. The van der Waals surface area contributed by atoms with Gasteiger partial charge < -0.3 is 4.74 Å². The number of hydrogen-bond acceptors (Lipinski definition) is 3. The van der Waals surface area contributed by atoms with E-state index in [1.807, 2.05) is 11.8 Å². The molecule has 2 fully saturated rings. The molecule has 1 spiro atoms. The molecule has 2 aliphatic rings. The van der Waals surface area contributed by atoms with Crippen molar-refractivity contribution in [3.63, 3.8) is 0 Å². The Balaban J connectivity index is 2.07. The molecule has 0 N–H and O–H groups in total. The van der Waals surface area contributed by atoms with E-state index in [2.05, 4.69) is 13.8 Å². The lowest BCUT2D eigenvalue weighted by molar-refractivity contribution is -0.135. The minimum Gasteiger partial charge on any atom is -0.375 e. The van der Waals surface area contributed by atoms with Crippen molar-refractivity contribution in [3.8, 4) is 0 Å². The second-order valence-corrected chi connectivity index (χ2v) is 7.50. The third-order valence-corrected chi connectivity index (χ3v) is 5.62. The molecule has 2 rings (SSSR count). The summed E-state index contributed by atoms with van der Waals surface area (Å²) in [5, 5.41) is 0. The van der Waals surface area contributed by atoms with E-state index in [9.17, 15) is 4.79 Å². The summed E-state index contributed by atoms with van der Waals surface area (Å²) in [5.74, 6) is 4.05. The summed E-state index contributed by atoms with van der Waals surface area (Å²) in [6.07, 6.45) is 4.53. The van der Waals surface area contributed by atoms with Crippen LogP contribution in [0, 0.1) is 17.8 Å². The number of carbonyl (C=O) groups is 1. The van der Waals surface area contributed by atoms with Crippen LogP contribution in [0.2, 0.25) is 0 Å². The Morgan fingerprint density at radius 1 is 1.33 bits per heavy atom. The number of ketones is 1. The van der Waals surface area contributed by atoms with Crippen LogP contribution in [0.15, 0.2) is 0 Å². The average molecular weight is 270 g/mol. The fourth-order valence-electron chi connectivity index (χ4n) is 3.81. The van der Waals surface area contributed by atoms with E-state index in [-0.39, 0.29) is 11.5 Å². The summed E-state index contributed by atoms with van der Waals surface area (Å²) >= 11 is 2.04. The molecule has 0 radical (unpaired) electrons. The molecule has 0 bridgehead atoms. The molecule has 2 unspecified atom stereocenters. The zero-order valence-electron chi connectivity index (χ0n) is 11.9. The fraction of sp³-hybridized carbons (Fsp3) is 0.933. The van der Waals surface area contributed by atoms with Crippen LogP contribution < -0.4 is 0 Å². The lowest BCUT2D eigenvalue weighted by atomic mass is 9.71. The average Bonchev–Trinajstić information content (AvgIpc) is 2.29. The van der Waals surface area contributed by atoms with Gasteiger partial charge in [0.1, 0.15) is 5.78 Å². The zero-order chi connectivity index (χ0) is 13.2. The SMILES string of the molecule is CC(=O)C(C(C)C)C1CCOC2(CCSCC2)C1. The summed E-state index contributed by atoms with van der Waals surface area (Å²) < 4.78 is 6.12. The summed E-state index contributed by atoms with van der Waals surface area (Å²) in [5.41, 5.74) is 0.108. The largest absolute Gasteiger partial charge is 0.375 e. The maximum Gasteiger partial charge on any atom is 0.133 e. The quantitative estimate of drug-likeness (QED) is 0.784. The first-order valence-corrected chi connectivity index (χ1v) is 8.42. The first kappa shape index (κ1) is 14.4. The Bertz CT molecular complexity index is 289. The molecule has 2 atom stereocenters. The highest BCUT2D eigenvalue weighted by Gasteiger charge is 2.42. The number of ether oxygens (including phenoxy) is 1. The minimum atomic E-state index is 0.108. The molecule has 0 aliphatic carbocycles. The van der Waals surface area contributed by atoms with Gasteiger partial charge in [0.15, 0.2) is 0 Å². The van der Waals surface area contributed by atoms with Crippen LogP contribution in [0.3, 0.4) is 0 Å². The molecule has 2 heterocycles. The summed E-state index contributed by atoms with van der Waals surface area (Å²) in [6.45, 7) is 6.99. The molecular formula is C15H26O2S. The molecule has 0 aromatic heterocycles. The highest BCUT2D eigenvalue weighted by atomic mass is 32.2. The topological polar surface area (TPSA) is 26.3 Å². The first-order chi connectivity index (χ1) is 8.54. The number of Topliss-reactive ketones (excluding diaryl/α,β-unsaturated/α-hetero) is 1. The fourth-order valence-corrected chi connectivity index (χ4v) is 5.05. The maximum absolute atomic E-state index is 11.9. The van der Waals surface area contributed by atoms with E-state index in [4.69, 9.17) is 4.74 Å². The third-order valence-electron chi connectivity index (χ3n) is 4.63. The molecule has 104 valence electrons. The van der Waals surface area contributed by atoms with Crippen molar-refractivity contribution >= 4 is 17.5 Å². The van der Waals surface area contributed by atoms with Gasteiger partial charge in [-0.2, -0.15) is 11.8 Å². The van der Waals surface area contributed by atoms with Crippen LogP contribution in [0.5, 0.6) is 0 Å². The summed E-state index contributed by atoms with van der Waals surface area (Å²) in [7, 11) is 0. The van der Waals surface area contributed by atoms with Crippen LogP contribution >= 0.6 is 11.8 Å². The van der Waals surface area contributed by atoms with Gasteiger partial charge in [-0.15, -0.1) is 0 Å². The van der Waals surface area contributed by atoms with E-state index >= 15 is 0 Å². The number of rotatable bonds is 3. The smallest absolute Gasteiger partial charge is 0.133 e. The van der Waals surface area contributed by atoms with Crippen LogP contribution in [-0.4, -0.2) is 29.5 Å². The Morgan fingerprint density at radius 2 is 2.00 bits per heavy atom. The Kier molecular flexibility index (Phi) is 4.76. The van der Waals surface area contributed by atoms with Gasteiger partial charge in [0.25, 0.3) is 0 Å². The van der Waals surface area contributed by atoms with Gasteiger partial charge in [-0.05, 0) is 55.9 Å². The number of hydrogen-bond donors (Lipinski definition) is 0. The lowest BCUT2D eigenvalue weighted by Crippen LogP contribution is -2.46. The summed E-state index contributed by atoms with van der Waals surface area (Å²) in [4.78, 5) is 11.9. The summed E-state index contributed by atoms with van der Waals surface area (Å²) in [6, 6.07) is 0. The Labute approximate surface area is 115 Å². The van der Waals surface area contributed by atoms with Gasteiger partial charge in [0.05, 0.1) is 5.60 Å². The molecule has 0 aromatic carbocycles. The van der Waals surface area contributed by atoms with Gasteiger partial charge in [0, 0.05) is 12.5 Å². The minimum absolute atomic E-state index is 0.108. The predicted octanol–water partition coefficient (Wildman–Crippen LogP) is 3.54. The Hall–Kier alpha value is -0.0200. The molecule has 18 heavy (non-hydrogen) atoms. The molecule has 2 saturated heterocycles. The first-order valence-electron chi connectivity index (χ1n) is 7.26. The molecule has 0 amide bonds. The molecule has 0 aromatic rings. The van der Waals surface area contributed by atoms with Crippen molar-refractivity contribution in [2.45, 2.75) is 52.1 Å². The maximum atomic E-state index is 11.9. The van der Waals surface area contributed by atoms with E-state index < -0.39 is 0 Å². The van der Waals surface area contributed by atoms with Crippen LogP contribution in [0.4, 0.5) is 0 Å². The van der Waals surface area contributed by atoms with Crippen molar-refractivity contribution in [2.75, 3.05) is 18.1 Å². The van der Waals surface area contributed by atoms with Gasteiger partial charge in [-0.1, -0.05) is 13.8 Å². The Morgan fingerprint density at radius 3 is 2.56 bits per heavy atom. The van der Waals surface area contributed by atoms with Crippen molar-refractivity contribution in [1.29, 1.82) is 0 Å². The van der Waals surface area contributed by atoms with Crippen LogP contribution in [-0.2, 0) is 9.53 Å². The van der Waals surface area contributed by atoms with Gasteiger partial charge in [-0.25, -0.2) is 0 Å². The van der Waals surface area contributed by atoms with E-state index in [0.717, 1.165) is 19.4 Å². The molecule has 2 aliphatic heterocycles. The highest BCUT2D eigenvalue weighted by Crippen LogP contribution is 2.43. The second-order valence-electron chi connectivity index (χ2n) is 6.28. The molecule has 2 nitrogen and oxygen atoms in total. The predicted molar refractivity (Wildman–Crippen MR) is 77.0 cm³/mol. The zero-order valence-corrected chi connectivity index (χ0v) is 12.7. The van der Waals surface area contributed by atoms with Gasteiger partial charge >= 0.3 is 0 Å². The highest BCUT2D eigenvalue weighted by molar-refractivity contribution is 7.99. The van der Waals surface area contributed by atoms with Crippen LogP contribution in [0.1, 0.15) is 46.5 Å². The molecule has 0 saturated carbocycles. The van der Waals surface area contributed by atoms with Crippen molar-refractivity contribution in [1.82, 2.24) is 0 Å². The van der Waals surface area contributed by atoms with Gasteiger partial charge in [0.2, 0.25) is 0 Å². The number of thioether (sulfide) groups is 1. The van der Waals surface area contributed by atoms with Crippen molar-refractivity contribution in [3.05, 3.63) is 0 Å². The van der Waals surface area contributed by atoms with Crippen LogP contribution in [0.25, 0.3) is 0 Å². The van der Waals surface area contributed by atoms with Crippen molar-refractivity contribution in [2.24, 2.45) is 17.8 Å². The van der Waals surface area contributed by atoms with E-state index in [1.165, 1.54) is 24.3 Å². The normalized spacial score (nSPS) is 29.4. The van der Waals surface area contributed by atoms with E-state index in [0.29, 0.717) is 17.6 Å². The lowest BCUT2D eigenvalue weighted by Gasteiger charge is -2.45. The number of carbonyl (C=O) groups excluding carboxylic acids is 1. The van der Waals surface area contributed by atoms with Crippen molar-refractivity contribution < 1.29 is 9.53 Å². The molecule has 3 heteroatoms. The molecular weight excluding hydrogens is 244 g/mol.